The molecule has 0 saturated heterocycles. The van der Waals surface area contributed by atoms with Gasteiger partial charge in [0.2, 0.25) is 29.5 Å². The highest BCUT2D eigenvalue weighted by Crippen LogP contribution is 2.08. The third-order valence-electron chi connectivity index (χ3n) is 5.26. The number of carbonyl (C=O) groups is 8. The van der Waals surface area contributed by atoms with Gasteiger partial charge < -0.3 is 52.7 Å². The van der Waals surface area contributed by atoms with Crippen LogP contribution in [0.4, 0.5) is 0 Å². The number of carbonyl (C=O) groups excluding carboxylic acids is 5. The highest BCUT2D eigenvalue weighted by atomic mass is 16.4. The third kappa shape index (κ3) is 13.2. The molecule has 18 nitrogen and oxygen atoms in total. The summed E-state index contributed by atoms with van der Waals surface area (Å²) in [5.41, 5.74) is 5.25. The van der Waals surface area contributed by atoms with E-state index in [4.69, 9.17) is 21.1 Å². The Labute approximate surface area is 222 Å². The predicted octanol–water partition coefficient (Wildman–Crippen LogP) is -4.93. The molecule has 5 amide bonds. The zero-order chi connectivity index (χ0) is 30.3. The summed E-state index contributed by atoms with van der Waals surface area (Å²) < 4.78 is 0. The maximum absolute atomic E-state index is 12.7. The minimum Gasteiger partial charge on any atom is -0.481 e. The van der Waals surface area contributed by atoms with E-state index in [2.05, 4.69) is 10.6 Å². The van der Waals surface area contributed by atoms with Gasteiger partial charge in [0.15, 0.2) is 0 Å². The largest absolute Gasteiger partial charge is 0.481 e. The first kappa shape index (κ1) is 34.7. The number of nitrogens with one attached hydrogen (secondary N) is 5. The van der Waals surface area contributed by atoms with Crippen LogP contribution < -0.4 is 32.3 Å². The fraction of sp³-hybridized carbons (Fsp3) is 0.619. The van der Waals surface area contributed by atoms with Gasteiger partial charge in [0, 0.05) is 0 Å². The van der Waals surface area contributed by atoms with Gasteiger partial charge in [-0.3, -0.25) is 33.6 Å². The minimum absolute atomic E-state index is 0.407. The molecule has 0 saturated carbocycles. The molecule has 0 fully saturated rings. The zero-order valence-electron chi connectivity index (χ0n) is 21.3. The summed E-state index contributed by atoms with van der Waals surface area (Å²) in [5, 5.41) is 46.8. The normalized spacial score (nSPS) is 14.4. The van der Waals surface area contributed by atoms with Crippen LogP contribution in [-0.2, 0) is 38.4 Å². The van der Waals surface area contributed by atoms with Gasteiger partial charge in [-0.1, -0.05) is 20.3 Å². The van der Waals surface area contributed by atoms with Crippen LogP contribution in [0.25, 0.3) is 0 Å². The Morgan fingerprint density at radius 3 is 1.72 bits per heavy atom. The van der Waals surface area contributed by atoms with E-state index in [1.165, 1.54) is 0 Å². The molecule has 0 unspecified atom stereocenters. The summed E-state index contributed by atoms with van der Waals surface area (Å²) >= 11 is 0. The number of aliphatic hydroxyl groups excluding tert-OH is 1. The molecule has 0 aliphatic heterocycles. The number of hydrogen-bond donors (Lipinski definition) is 10. The lowest BCUT2D eigenvalue weighted by atomic mass is 9.98. The van der Waals surface area contributed by atoms with Gasteiger partial charge in [0.25, 0.3) is 0 Å². The Hall–Kier alpha value is -4.32. The minimum atomic E-state index is -1.80. The number of aliphatic carboxylic acids is 3. The number of amides is 5. The molecule has 0 aromatic rings. The standard InChI is InChI=1S/C21H34N6O12/c1-3-9(2)17(27-13(29)6-22)20(37)26-12(8-28)19(36)25-10(4-15(31)32)18(35)23-7-14(30)24-11(21(38)39)5-16(33)34/h9-12,17,28H,3-8,22H2,1-2H3,(H,23,35)(H,24,30)(H,25,36)(H,26,37)(H,27,29)(H,31,32)(H,33,34)(H,38,39)/t9-,10-,11-,12-,17-/m0/s1. The second kappa shape index (κ2) is 17.2. The van der Waals surface area contributed by atoms with Crippen molar-refractivity contribution in [1.82, 2.24) is 26.6 Å². The van der Waals surface area contributed by atoms with Crippen molar-refractivity contribution < 1.29 is 58.8 Å². The molecular formula is C21H34N6O12. The fourth-order valence-electron chi connectivity index (χ4n) is 2.96. The van der Waals surface area contributed by atoms with Crippen molar-refractivity contribution in [3.63, 3.8) is 0 Å². The summed E-state index contributed by atoms with van der Waals surface area (Å²) in [6.07, 6.45) is -1.49. The maximum Gasteiger partial charge on any atom is 0.326 e. The molecule has 0 heterocycles. The van der Waals surface area contributed by atoms with Crippen molar-refractivity contribution in [2.75, 3.05) is 19.7 Å². The smallest absolute Gasteiger partial charge is 0.326 e. The van der Waals surface area contributed by atoms with Gasteiger partial charge in [0.05, 0.1) is 32.5 Å². The van der Waals surface area contributed by atoms with Crippen molar-refractivity contribution in [2.24, 2.45) is 11.7 Å². The molecule has 0 radical (unpaired) electrons. The van der Waals surface area contributed by atoms with E-state index in [0.29, 0.717) is 6.42 Å². The van der Waals surface area contributed by atoms with Gasteiger partial charge in [-0.25, -0.2) is 4.79 Å². The number of carboxylic acids is 3. The Morgan fingerprint density at radius 2 is 1.26 bits per heavy atom. The molecule has 0 rings (SSSR count). The molecule has 0 bridgehead atoms. The molecule has 0 spiro atoms. The zero-order valence-corrected chi connectivity index (χ0v) is 21.3. The van der Waals surface area contributed by atoms with Crippen LogP contribution in [0.5, 0.6) is 0 Å². The summed E-state index contributed by atoms with van der Waals surface area (Å²) in [6.45, 7) is 1.09. The Balaban J connectivity index is 5.39. The second-order valence-electron chi connectivity index (χ2n) is 8.31. The van der Waals surface area contributed by atoms with E-state index in [0.717, 1.165) is 0 Å². The number of carboxylic acid groups (broad SMARTS) is 3. The maximum atomic E-state index is 12.7. The lowest BCUT2D eigenvalue weighted by molar-refractivity contribution is -0.147. The second-order valence-corrected chi connectivity index (χ2v) is 8.31. The first-order chi connectivity index (χ1) is 18.2. The Kier molecular flexibility index (Phi) is 15.3. The summed E-state index contributed by atoms with van der Waals surface area (Å²) in [4.78, 5) is 94.3. The van der Waals surface area contributed by atoms with E-state index >= 15 is 0 Å². The van der Waals surface area contributed by atoms with Crippen LogP contribution in [-0.4, -0.2) is 112 Å². The number of rotatable bonds is 18. The van der Waals surface area contributed by atoms with E-state index in [1.54, 1.807) is 13.8 Å². The monoisotopic (exact) mass is 562 g/mol. The van der Waals surface area contributed by atoms with Crippen LogP contribution in [0, 0.1) is 5.92 Å². The molecule has 39 heavy (non-hydrogen) atoms. The molecular weight excluding hydrogens is 528 g/mol. The van der Waals surface area contributed by atoms with Crippen molar-refractivity contribution >= 4 is 47.4 Å². The van der Waals surface area contributed by atoms with Crippen LogP contribution in [0.1, 0.15) is 33.1 Å². The Bertz CT molecular complexity index is 942. The first-order valence-electron chi connectivity index (χ1n) is 11.6. The van der Waals surface area contributed by atoms with Gasteiger partial charge >= 0.3 is 17.9 Å². The van der Waals surface area contributed by atoms with E-state index in [9.17, 15) is 43.5 Å². The molecule has 0 aromatic carbocycles. The number of aliphatic hydroxyl groups is 1. The number of hydrogen-bond acceptors (Lipinski definition) is 10. The molecule has 18 heteroatoms. The Morgan fingerprint density at radius 1 is 0.718 bits per heavy atom. The quantitative estimate of drug-likeness (QED) is 0.0749. The fourth-order valence-corrected chi connectivity index (χ4v) is 2.96. The average molecular weight is 563 g/mol. The summed E-state index contributed by atoms with van der Waals surface area (Å²) in [6, 6.07) is -6.39. The lowest BCUT2D eigenvalue weighted by Crippen LogP contribution is -2.59. The molecule has 0 aliphatic carbocycles. The molecule has 0 aliphatic rings. The summed E-state index contributed by atoms with van der Waals surface area (Å²) in [7, 11) is 0. The van der Waals surface area contributed by atoms with Crippen LogP contribution in [0.3, 0.4) is 0 Å². The first-order valence-corrected chi connectivity index (χ1v) is 11.6. The van der Waals surface area contributed by atoms with Crippen molar-refractivity contribution in [2.45, 2.75) is 57.3 Å². The van der Waals surface area contributed by atoms with Gasteiger partial charge in [-0.15, -0.1) is 0 Å². The van der Waals surface area contributed by atoms with Gasteiger partial charge in [-0.05, 0) is 5.92 Å². The highest BCUT2D eigenvalue weighted by molar-refractivity contribution is 5.96. The lowest BCUT2D eigenvalue weighted by Gasteiger charge is -2.26. The molecule has 11 N–H and O–H groups in total. The van der Waals surface area contributed by atoms with Crippen molar-refractivity contribution in [1.29, 1.82) is 0 Å². The molecule has 5 atom stereocenters. The highest BCUT2D eigenvalue weighted by Gasteiger charge is 2.32. The number of nitrogens with two attached hydrogens (primary N) is 1. The van der Waals surface area contributed by atoms with E-state index in [1.807, 2.05) is 16.0 Å². The van der Waals surface area contributed by atoms with Crippen molar-refractivity contribution in [3.8, 4) is 0 Å². The van der Waals surface area contributed by atoms with Gasteiger partial charge in [0.1, 0.15) is 24.2 Å². The van der Waals surface area contributed by atoms with Crippen LogP contribution >= 0.6 is 0 Å². The van der Waals surface area contributed by atoms with Crippen molar-refractivity contribution in [3.05, 3.63) is 0 Å². The van der Waals surface area contributed by atoms with E-state index in [-0.39, 0.29) is 0 Å². The third-order valence-corrected chi connectivity index (χ3v) is 5.26. The van der Waals surface area contributed by atoms with Crippen LogP contribution in [0.15, 0.2) is 0 Å². The summed E-state index contributed by atoms with van der Waals surface area (Å²) in [5.74, 6) is -10.1. The average Bonchev–Trinajstić information content (AvgIpc) is 2.86. The topological polar surface area (TPSA) is 304 Å². The predicted molar refractivity (Wildman–Crippen MR) is 128 cm³/mol. The van der Waals surface area contributed by atoms with Crippen LogP contribution in [0.2, 0.25) is 0 Å². The molecule has 220 valence electrons. The van der Waals surface area contributed by atoms with Gasteiger partial charge in [-0.2, -0.15) is 0 Å². The molecule has 0 aromatic heterocycles. The van der Waals surface area contributed by atoms with E-state index < -0.39 is 110 Å². The SMILES string of the molecule is CC[C@H](C)[C@H](NC(=O)CN)C(=O)N[C@@H](CO)C(=O)N[C@@H](CC(=O)O)C(=O)NCC(=O)N[C@@H](CC(=O)O)C(=O)O.